The molecule has 0 aliphatic rings. The minimum absolute atomic E-state index is 0.301. The molecule has 5 nitrogen and oxygen atoms in total. The van der Waals surface area contributed by atoms with Gasteiger partial charge in [-0.25, -0.2) is 4.79 Å². The standard InChI is InChI=1S/C13H15N3O2/c14-15-8-12-2-1-7-16(12)9-10-3-5-11(6-4-10)13(17)18/h1-7,15H,8-9,14H2,(H,17,18). The number of hydrogen-bond acceptors (Lipinski definition) is 3. The van der Waals surface area contributed by atoms with Crippen LogP contribution in [-0.2, 0) is 13.1 Å². The van der Waals surface area contributed by atoms with E-state index in [4.69, 9.17) is 10.9 Å². The van der Waals surface area contributed by atoms with Gasteiger partial charge in [0.15, 0.2) is 0 Å². The third-order valence-electron chi connectivity index (χ3n) is 2.76. The van der Waals surface area contributed by atoms with Crippen LogP contribution in [0.4, 0.5) is 0 Å². The van der Waals surface area contributed by atoms with Gasteiger partial charge in [-0.15, -0.1) is 0 Å². The van der Waals surface area contributed by atoms with Gasteiger partial charge >= 0.3 is 5.97 Å². The van der Waals surface area contributed by atoms with Gasteiger partial charge in [-0.2, -0.15) is 0 Å². The molecule has 5 heteroatoms. The van der Waals surface area contributed by atoms with Gasteiger partial charge in [0.05, 0.1) is 12.1 Å². The smallest absolute Gasteiger partial charge is 0.335 e. The van der Waals surface area contributed by atoms with E-state index >= 15 is 0 Å². The Kier molecular flexibility index (Phi) is 3.76. The highest BCUT2D eigenvalue weighted by atomic mass is 16.4. The van der Waals surface area contributed by atoms with Crippen molar-refractivity contribution in [2.75, 3.05) is 0 Å². The van der Waals surface area contributed by atoms with Crippen LogP contribution in [0.5, 0.6) is 0 Å². The second kappa shape index (κ2) is 5.48. The van der Waals surface area contributed by atoms with Gasteiger partial charge in [0.1, 0.15) is 0 Å². The quantitative estimate of drug-likeness (QED) is 0.546. The molecule has 0 atom stereocenters. The molecule has 0 saturated heterocycles. The van der Waals surface area contributed by atoms with Crippen LogP contribution in [-0.4, -0.2) is 15.6 Å². The first-order valence-electron chi connectivity index (χ1n) is 5.60. The largest absolute Gasteiger partial charge is 0.478 e. The third kappa shape index (κ3) is 2.77. The summed E-state index contributed by atoms with van der Waals surface area (Å²) in [5, 5.41) is 8.82. The number of benzene rings is 1. The van der Waals surface area contributed by atoms with Crippen molar-refractivity contribution in [2.45, 2.75) is 13.1 Å². The van der Waals surface area contributed by atoms with Crippen LogP contribution in [0.1, 0.15) is 21.6 Å². The zero-order valence-corrected chi connectivity index (χ0v) is 9.84. The summed E-state index contributed by atoms with van der Waals surface area (Å²) >= 11 is 0. The molecule has 1 aromatic carbocycles. The van der Waals surface area contributed by atoms with Crippen molar-refractivity contribution in [1.82, 2.24) is 9.99 Å². The summed E-state index contributed by atoms with van der Waals surface area (Å²) in [4.78, 5) is 10.7. The lowest BCUT2D eigenvalue weighted by Gasteiger charge is -2.09. The SMILES string of the molecule is NNCc1cccn1Cc1ccc(C(=O)O)cc1. The van der Waals surface area contributed by atoms with E-state index in [1.165, 1.54) is 0 Å². The van der Waals surface area contributed by atoms with Crippen molar-refractivity contribution in [1.29, 1.82) is 0 Å². The van der Waals surface area contributed by atoms with E-state index in [1.54, 1.807) is 12.1 Å². The van der Waals surface area contributed by atoms with E-state index in [2.05, 4.69) is 9.99 Å². The minimum Gasteiger partial charge on any atom is -0.478 e. The molecule has 2 rings (SSSR count). The van der Waals surface area contributed by atoms with Crippen molar-refractivity contribution in [2.24, 2.45) is 5.84 Å². The van der Waals surface area contributed by atoms with Crippen LogP contribution >= 0.6 is 0 Å². The molecule has 2 aromatic rings. The number of aromatic carboxylic acids is 1. The topological polar surface area (TPSA) is 80.3 Å². The Morgan fingerprint density at radius 2 is 2.00 bits per heavy atom. The number of hydrogen-bond donors (Lipinski definition) is 3. The highest BCUT2D eigenvalue weighted by Crippen LogP contribution is 2.09. The first kappa shape index (κ1) is 12.3. The maximum atomic E-state index is 10.7. The summed E-state index contributed by atoms with van der Waals surface area (Å²) in [6, 6.07) is 10.8. The molecule has 18 heavy (non-hydrogen) atoms. The number of aromatic nitrogens is 1. The van der Waals surface area contributed by atoms with Crippen molar-refractivity contribution in [3.8, 4) is 0 Å². The summed E-state index contributed by atoms with van der Waals surface area (Å²) in [6.07, 6.45) is 1.97. The molecule has 0 aliphatic carbocycles. The highest BCUT2D eigenvalue weighted by molar-refractivity contribution is 5.87. The summed E-state index contributed by atoms with van der Waals surface area (Å²) in [5.74, 6) is 4.40. The Labute approximate surface area is 105 Å². The van der Waals surface area contributed by atoms with Crippen LogP contribution in [0.2, 0.25) is 0 Å². The number of nitrogens with one attached hydrogen (secondary N) is 1. The zero-order valence-electron chi connectivity index (χ0n) is 9.84. The molecule has 0 amide bonds. The number of nitrogens with two attached hydrogens (primary N) is 1. The maximum absolute atomic E-state index is 10.7. The van der Waals surface area contributed by atoms with E-state index < -0.39 is 5.97 Å². The Morgan fingerprint density at radius 3 is 2.61 bits per heavy atom. The molecular formula is C13H15N3O2. The Balaban J connectivity index is 2.13. The van der Waals surface area contributed by atoms with Gasteiger partial charge in [0, 0.05) is 18.4 Å². The van der Waals surface area contributed by atoms with E-state index in [9.17, 15) is 4.79 Å². The van der Waals surface area contributed by atoms with Crippen LogP contribution in [0.25, 0.3) is 0 Å². The first-order chi connectivity index (χ1) is 8.70. The second-order valence-corrected chi connectivity index (χ2v) is 4.01. The molecule has 0 saturated carbocycles. The molecule has 0 unspecified atom stereocenters. The van der Waals surface area contributed by atoms with Gasteiger partial charge in [0.25, 0.3) is 0 Å². The molecule has 0 radical (unpaired) electrons. The third-order valence-corrected chi connectivity index (χ3v) is 2.76. The minimum atomic E-state index is -0.907. The van der Waals surface area contributed by atoms with Gasteiger partial charge in [-0.1, -0.05) is 12.1 Å². The average molecular weight is 245 g/mol. The number of carboxylic acid groups (broad SMARTS) is 1. The average Bonchev–Trinajstić information content (AvgIpc) is 2.78. The van der Waals surface area contributed by atoms with Crippen LogP contribution in [0, 0.1) is 0 Å². The van der Waals surface area contributed by atoms with E-state index in [1.807, 2.05) is 30.5 Å². The Bertz CT molecular complexity index is 531. The normalized spacial score (nSPS) is 10.5. The molecule has 0 aliphatic heterocycles. The Hall–Kier alpha value is -2.11. The predicted octanol–water partition coefficient (Wildman–Crippen LogP) is 1.20. The van der Waals surface area contributed by atoms with Crippen LogP contribution < -0.4 is 11.3 Å². The molecule has 1 aromatic heterocycles. The maximum Gasteiger partial charge on any atom is 0.335 e. The molecular weight excluding hydrogens is 230 g/mol. The molecule has 1 heterocycles. The van der Waals surface area contributed by atoms with Crippen LogP contribution in [0.15, 0.2) is 42.6 Å². The van der Waals surface area contributed by atoms with Gasteiger partial charge < -0.3 is 9.67 Å². The van der Waals surface area contributed by atoms with E-state index in [0.717, 1.165) is 11.3 Å². The van der Waals surface area contributed by atoms with E-state index in [-0.39, 0.29) is 0 Å². The first-order valence-corrected chi connectivity index (χ1v) is 5.60. The molecule has 0 bridgehead atoms. The lowest BCUT2D eigenvalue weighted by molar-refractivity contribution is 0.0697. The zero-order chi connectivity index (χ0) is 13.0. The molecule has 0 fully saturated rings. The summed E-state index contributed by atoms with van der Waals surface area (Å²) in [6.45, 7) is 1.30. The number of carbonyl (C=O) groups is 1. The van der Waals surface area contributed by atoms with Gasteiger partial charge in [-0.3, -0.25) is 11.3 Å². The summed E-state index contributed by atoms with van der Waals surface area (Å²) < 4.78 is 2.07. The fraction of sp³-hybridized carbons (Fsp3) is 0.154. The molecule has 4 N–H and O–H groups in total. The van der Waals surface area contributed by atoms with E-state index in [0.29, 0.717) is 18.7 Å². The van der Waals surface area contributed by atoms with Gasteiger partial charge in [0.2, 0.25) is 0 Å². The number of carboxylic acids is 1. The summed E-state index contributed by atoms with van der Waals surface area (Å²) in [5.41, 5.74) is 5.06. The number of rotatable bonds is 5. The second-order valence-electron chi connectivity index (χ2n) is 4.01. The van der Waals surface area contributed by atoms with Gasteiger partial charge in [-0.05, 0) is 29.8 Å². The molecule has 94 valence electrons. The fourth-order valence-electron chi connectivity index (χ4n) is 1.82. The monoisotopic (exact) mass is 245 g/mol. The van der Waals surface area contributed by atoms with Crippen molar-refractivity contribution >= 4 is 5.97 Å². The van der Waals surface area contributed by atoms with Crippen LogP contribution in [0.3, 0.4) is 0 Å². The molecule has 0 spiro atoms. The van der Waals surface area contributed by atoms with Crippen molar-refractivity contribution < 1.29 is 9.90 Å². The van der Waals surface area contributed by atoms with Crippen molar-refractivity contribution in [3.05, 3.63) is 59.4 Å². The summed E-state index contributed by atoms with van der Waals surface area (Å²) in [7, 11) is 0. The highest BCUT2D eigenvalue weighted by Gasteiger charge is 2.04. The lowest BCUT2D eigenvalue weighted by Crippen LogP contribution is -2.22. The predicted molar refractivity (Wildman–Crippen MR) is 68.0 cm³/mol. The number of hydrazine groups is 1. The number of nitrogens with zero attached hydrogens (tertiary/aromatic N) is 1. The van der Waals surface area contributed by atoms with Crippen molar-refractivity contribution in [3.63, 3.8) is 0 Å². The lowest BCUT2D eigenvalue weighted by atomic mass is 10.1. The Morgan fingerprint density at radius 1 is 1.28 bits per heavy atom. The fourth-order valence-corrected chi connectivity index (χ4v) is 1.82.